The first-order valence-corrected chi connectivity index (χ1v) is 6.28. The summed E-state index contributed by atoms with van der Waals surface area (Å²) in [5.41, 5.74) is 0. The molecule has 1 aliphatic carbocycles. The fourth-order valence-electron chi connectivity index (χ4n) is 1.96. The normalized spacial score (nSPS) is 16.7. The highest BCUT2D eigenvalue weighted by molar-refractivity contribution is 7.16. The Morgan fingerprint density at radius 1 is 1.50 bits per heavy atom. The van der Waals surface area contributed by atoms with E-state index in [1.165, 1.54) is 24.0 Å². The molecule has 2 rings (SSSR count). The van der Waals surface area contributed by atoms with Crippen molar-refractivity contribution in [2.75, 3.05) is 5.32 Å². The molecule has 1 aliphatic rings. The minimum absolute atomic E-state index is 0.0542. The van der Waals surface area contributed by atoms with Gasteiger partial charge < -0.3 is 5.32 Å². The van der Waals surface area contributed by atoms with Crippen LogP contribution in [-0.2, 0) is 4.79 Å². The highest BCUT2D eigenvalue weighted by Gasteiger charge is 2.21. The van der Waals surface area contributed by atoms with E-state index in [9.17, 15) is 4.79 Å². The van der Waals surface area contributed by atoms with E-state index in [4.69, 9.17) is 5.26 Å². The van der Waals surface area contributed by atoms with Crippen LogP contribution in [0.25, 0.3) is 0 Å². The molecule has 0 bridgehead atoms. The molecule has 0 aromatic carbocycles. The molecule has 1 fully saturated rings. The van der Waals surface area contributed by atoms with Crippen LogP contribution in [0.4, 0.5) is 5.13 Å². The molecular formula is C11H13N3OS. The van der Waals surface area contributed by atoms with Crippen LogP contribution < -0.4 is 5.32 Å². The summed E-state index contributed by atoms with van der Waals surface area (Å²) < 4.78 is 0. The summed E-state index contributed by atoms with van der Waals surface area (Å²) in [4.78, 5) is 16.4. The number of carbonyl (C=O) groups is 1. The summed E-state index contributed by atoms with van der Waals surface area (Å²) >= 11 is 1.22. The Balaban J connectivity index is 1.93. The van der Waals surface area contributed by atoms with E-state index in [1.807, 2.05) is 6.07 Å². The standard InChI is InChI=1S/C11H13N3OS/c12-6-9-7-13-11(16-9)14-10(15)8-4-2-1-3-5-8/h7-8H,1-5H2,(H,13,14,15). The molecule has 0 saturated heterocycles. The molecule has 0 spiro atoms. The quantitative estimate of drug-likeness (QED) is 0.856. The summed E-state index contributed by atoms with van der Waals surface area (Å²) in [6.07, 6.45) is 6.95. The third-order valence-electron chi connectivity index (χ3n) is 2.82. The van der Waals surface area contributed by atoms with Crippen molar-refractivity contribution >= 4 is 22.4 Å². The van der Waals surface area contributed by atoms with Gasteiger partial charge in [0, 0.05) is 5.92 Å². The lowest BCUT2D eigenvalue weighted by atomic mass is 9.89. The minimum Gasteiger partial charge on any atom is -0.302 e. The van der Waals surface area contributed by atoms with E-state index in [0.29, 0.717) is 10.0 Å². The van der Waals surface area contributed by atoms with Crippen LogP contribution in [0.2, 0.25) is 0 Å². The minimum atomic E-state index is 0.0542. The van der Waals surface area contributed by atoms with Crippen molar-refractivity contribution in [2.45, 2.75) is 32.1 Å². The zero-order valence-electron chi connectivity index (χ0n) is 8.90. The van der Waals surface area contributed by atoms with E-state index >= 15 is 0 Å². The highest BCUT2D eigenvalue weighted by Crippen LogP contribution is 2.25. The lowest BCUT2D eigenvalue weighted by molar-refractivity contribution is -0.120. The number of carbonyl (C=O) groups excluding carboxylic acids is 1. The number of nitrogens with one attached hydrogen (secondary N) is 1. The molecule has 1 N–H and O–H groups in total. The van der Waals surface area contributed by atoms with E-state index in [-0.39, 0.29) is 11.8 Å². The number of hydrogen-bond donors (Lipinski definition) is 1. The van der Waals surface area contributed by atoms with Gasteiger partial charge in [-0.3, -0.25) is 4.79 Å². The molecule has 16 heavy (non-hydrogen) atoms. The Labute approximate surface area is 98.3 Å². The average Bonchev–Trinajstić information content (AvgIpc) is 2.78. The Bertz CT molecular complexity index is 415. The summed E-state index contributed by atoms with van der Waals surface area (Å²) in [5.74, 6) is 0.182. The van der Waals surface area contributed by atoms with Gasteiger partial charge >= 0.3 is 0 Å². The maximum atomic E-state index is 11.8. The number of amides is 1. The molecular weight excluding hydrogens is 222 g/mol. The third-order valence-corrected chi connectivity index (χ3v) is 3.64. The first-order valence-electron chi connectivity index (χ1n) is 5.46. The van der Waals surface area contributed by atoms with Crippen LogP contribution in [0.1, 0.15) is 37.0 Å². The smallest absolute Gasteiger partial charge is 0.229 e. The molecule has 0 unspecified atom stereocenters. The number of thiazole rings is 1. The first kappa shape index (κ1) is 11.1. The second kappa shape index (κ2) is 5.08. The topological polar surface area (TPSA) is 65.8 Å². The van der Waals surface area contributed by atoms with Crippen molar-refractivity contribution in [1.82, 2.24) is 4.98 Å². The second-order valence-corrected chi connectivity index (χ2v) is 5.00. The lowest BCUT2D eigenvalue weighted by Crippen LogP contribution is -2.24. The molecule has 1 aromatic rings. The summed E-state index contributed by atoms with van der Waals surface area (Å²) in [7, 11) is 0. The number of rotatable bonds is 2. The first-order chi connectivity index (χ1) is 7.79. The second-order valence-electron chi connectivity index (χ2n) is 3.97. The van der Waals surface area contributed by atoms with Gasteiger partial charge in [0.15, 0.2) is 5.13 Å². The van der Waals surface area contributed by atoms with Crippen molar-refractivity contribution in [3.63, 3.8) is 0 Å². The van der Waals surface area contributed by atoms with Gasteiger partial charge in [-0.2, -0.15) is 5.26 Å². The molecule has 4 nitrogen and oxygen atoms in total. The predicted octanol–water partition coefficient (Wildman–Crippen LogP) is 2.53. The van der Waals surface area contributed by atoms with Crippen LogP contribution in [0, 0.1) is 17.2 Å². The fourth-order valence-corrected chi connectivity index (χ4v) is 2.57. The molecule has 1 saturated carbocycles. The fraction of sp³-hybridized carbons (Fsp3) is 0.545. The van der Waals surface area contributed by atoms with Crippen molar-refractivity contribution in [3.05, 3.63) is 11.1 Å². The molecule has 0 aliphatic heterocycles. The largest absolute Gasteiger partial charge is 0.302 e. The van der Waals surface area contributed by atoms with Crippen LogP contribution >= 0.6 is 11.3 Å². The van der Waals surface area contributed by atoms with Gasteiger partial charge in [-0.05, 0) is 12.8 Å². The Hall–Kier alpha value is -1.41. The van der Waals surface area contributed by atoms with Crippen LogP contribution in [0.5, 0.6) is 0 Å². The van der Waals surface area contributed by atoms with Gasteiger partial charge in [0.05, 0.1) is 6.20 Å². The van der Waals surface area contributed by atoms with Gasteiger partial charge in [0.25, 0.3) is 0 Å². The average molecular weight is 235 g/mol. The predicted molar refractivity (Wildman–Crippen MR) is 62.0 cm³/mol. The third kappa shape index (κ3) is 2.58. The Morgan fingerprint density at radius 3 is 2.88 bits per heavy atom. The van der Waals surface area contributed by atoms with Gasteiger partial charge in [0.2, 0.25) is 5.91 Å². The number of nitriles is 1. The molecule has 0 radical (unpaired) electrons. The van der Waals surface area contributed by atoms with Crippen molar-refractivity contribution in [2.24, 2.45) is 5.92 Å². The molecule has 1 aromatic heterocycles. The van der Waals surface area contributed by atoms with Crippen LogP contribution in [0.3, 0.4) is 0 Å². The van der Waals surface area contributed by atoms with Gasteiger partial charge in [-0.1, -0.05) is 30.6 Å². The molecule has 1 amide bonds. The van der Waals surface area contributed by atoms with Crippen LogP contribution in [-0.4, -0.2) is 10.9 Å². The number of hydrogen-bond acceptors (Lipinski definition) is 4. The Morgan fingerprint density at radius 2 is 2.25 bits per heavy atom. The molecule has 84 valence electrons. The Kier molecular flexibility index (Phi) is 3.52. The monoisotopic (exact) mass is 235 g/mol. The van der Waals surface area contributed by atoms with Gasteiger partial charge in [0.1, 0.15) is 10.9 Å². The van der Waals surface area contributed by atoms with E-state index in [0.717, 1.165) is 25.7 Å². The van der Waals surface area contributed by atoms with Gasteiger partial charge in [-0.25, -0.2) is 4.98 Å². The van der Waals surface area contributed by atoms with Crippen LogP contribution in [0.15, 0.2) is 6.20 Å². The van der Waals surface area contributed by atoms with Crippen molar-refractivity contribution < 1.29 is 4.79 Å². The SMILES string of the molecule is N#Cc1cnc(NC(=O)C2CCCCC2)s1. The zero-order chi connectivity index (χ0) is 11.4. The highest BCUT2D eigenvalue weighted by atomic mass is 32.1. The van der Waals surface area contributed by atoms with Crippen molar-refractivity contribution in [3.8, 4) is 6.07 Å². The lowest BCUT2D eigenvalue weighted by Gasteiger charge is -2.19. The summed E-state index contributed by atoms with van der Waals surface area (Å²) in [6.45, 7) is 0. The summed E-state index contributed by atoms with van der Waals surface area (Å²) in [5, 5.41) is 12.0. The zero-order valence-corrected chi connectivity index (χ0v) is 9.72. The van der Waals surface area contributed by atoms with E-state index in [1.54, 1.807) is 0 Å². The molecule has 5 heteroatoms. The maximum absolute atomic E-state index is 11.8. The molecule has 1 heterocycles. The number of nitrogens with zero attached hydrogens (tertiary/aromatic N) is 2. The number of anilines is 1. The van der Waals surface area contributed by atoms with E-state index < -0.39 is 0 Å². The maximum Gasteiger partial charge on any atom is 0.229 e. The van der Waals surface area contributed by atoms with Crippen molar-refractivity contribution in [1.29, 1.82) is 5.26 Å². The van der Waals surface area contributed by atoms with E-state index in [2.05, 4.69) is 10.3 Å². The van der Waals surface area contributed by atoms with Gasteiger partial charge in [-0.15, -0.1) is 0 Å². The summed E-state index contributed by atoms with van der Waals surface area (Å²) in [6, 6.07) is 2.00. The number of aromatic nitrogens is 1. The molecule has 0 atom stereocenters.